The number of likely N-dealkylation sites (N-methyl/N-ethyl adjacent to an activating group) is 1. The van der Waals surface area contributed by atoms with Crippen LogP contribution in [-0.4, -0.2) is 42.0 Å². The van der Waals surface area contributed by atoms with E-state index in [9.17, 15) is 4.79 Å². The predicted molar refractivity (Wildman–Crippen MR) is 68.3 cm³/mol. The molecule has 1 atom stereocenters. The fraction of sp³-hybridized carbons (Fsp3) is 0.917. The lowest BCUT2D eigenvalue weighted by Crippen LogP contribution is -2.45. The summed E-state index contributed by atoms with van der Waals surface area (Å²) >= 11 is 0. The maximum atomic E-state index is 11.6. The third-order valence-corrected chi connectivity index (χ3v) is 2.45. The van der Waals surface area contributed by atoms with E-state index in [0.29, 0.717) is 6.42 Å². The fourth-order valence-corrected chi connectivity index (χ4v) is 1.65. The number of nitrogens with zero attached hydrogens (tertiary/aromatic N) is 1. The summed E-state index contributed by atoms with van der Waals surface area (Å²) in [5.74, 6) is 0.0344. The Bertz CT molecular complexity index is 207. The Morgan fingerprint density at radius 1 is 1.38 bits per heavy atom. The van der Waals surface area contributed by atoms with Crippen molar-refractivity contribution in [2.45, 2.75) is 52.6 Å². The summed E-state index contributed by atoms with van der Waals surface area (Å²) in [7, 11) is 0. The monoisotopic (exact) mass is 229 g/mol. The summed E-state index contributed by atoms with van der Waals surface area (Å²) in [6.07, 6.45) is 0.371. The number of hydrogen-bond donors (Lipinski definition) is 2. The highest BCUT2D eigenvalue weighted by Crippen LogP contribution is 2.03. The number of nitrogens with one attached hydrogen (secondary N) is 1. The van der Waals surface area contributed by atoms with Crippen molar-refractivity contribution < 1.29 is 4.79 Å². The molecule has 0 spiro atoms. The minimum absolute atomic E-state index is 0.0344. The van der Waals surface area contributed by atoms with Crippen LogP contribution in [0.15, 0.2) is 0 Å². The van der Waals surface area contributed by atoms with Gasteiger partial charge in [0, 0.05) is 24.5 Å². The second-order valence-electron chi connectivity index (χ2n) is 5.12. The molecule has 0 aromatic heterocycles. The molecule has 0 aliphatic rings. The van der Waals surface area contributed by atoms with Crippen LogP contribution in [0.1, 0.15) is 41.0 Å². The van der Waals surface area contributed by atoms with Gasteiger partial charge in [0.25, 0.3) is 0 Å². The van der Waals surface area contributed by atoms with Gasteiger partial charge in [0.05, 0.1) is 0 Å². The summed E-state index contributed by atoms with van der Waals surface area (Å²) in [5.41, 5.74) is 5.36. The quantitative estimate of drug-likeness (QED) is 0.683. The molecular formula is C12H27N3O. The number of nitrogens with two attached hydrogens (primary N) is 1. The van der Waals surface area contributed by atoms with E-state index in [2.05, 4.69) is 24.1 Å². The first-order valence-electron chi connectivity index (χ1n) is 6.09. The van der Waals surface area contributed by atoms with Gasteiger partial charge < -0.3 is 16.0 Å². The van der Waals surface area contributed by atoms with Gasteiger partial charge in [-0.15, -0.1) is 0 Å². The molecule has 0 bridgehead atoms. The van der Waals surface area contributed by atoms with Crippen LogP contribution in [0.25, 0.3) is 0 Å². The van der Waals surface area contributed by atoms with Crippen molar-refractivity contribution in [1.82, 2.24) is 10.2 Å². The molecule has 4 heteroatoms. The molecule has 1 amide bonds. The highest BCUT2D eigenvalue weighted by atomic mass is 16.1. The normalized spacial score (nSPS) is 13.9. The Morgan fingerprint density at radius 3 is 2.25 bits per heavy atom. The zero-order valence-electron chi connectivity index (χ0n) is 11.3. The summed E-state index contributed by atoms with van der Waals surface area (Å²) in [6.45, 7) is 12.9. The highest BCUT2D eigenvalue weighted by Gasteiger charge is 2.18. The Balaban J connectivity index is 3.95. The first-order valence-corrected chi connectivity index (χ1v) is 6.09. The van der Waals surface area contributed by atoms with Gasteiger partial charge in [-0.25, -0.2) is 0 Å². The van der Waals surface area contributed by atoms with Gasteiger partial charge in [-0.2, -0.15) is 0 Å². The number of hydrogen-bond acceptors (Lipinski definition) is 3. The first-order chi connectivity index (χ1) is 7.28. The standard InChI is InChI=1S/C12H27N3O/c1-6-15(7-2)9-10(3)14-11(16)8-12(4,5)13/h10H,6-9,13H2,1-5H3,(H,14,16). The van der Waals surface area contributed by atoms with Crippen LogP contribution >= 0.6 is 0 Å². The van der Waals surface area contributed by atoms with Gasteiger partial charge in [-0.1, -0.05) is 13.8 Å². The number of rotatable bonds is 7. The Kier molecular flexibility index (Phi) is 6.60. The largest absolute Gasteiger partial charge is 0.352 e. The van der Waals surface area contributed by atoms with Crippen LogP contribution in [0.2, 0.25) is 0 Å². The lowest BCUT2D eigenvalue weighted by Gasteiger charge is -2.25. The van der Waals surface area contributed by atoms with Crippen molar-refractivity contribution in [2.75, 3.05) is 19.6 Å². The molecule has 96 valence electrons. The molecule has 16 heavy (non-hydrogen) atoms. The van der Waals surface area contributed by atoms with Crippen LogP contribution in [0.5, 0.6) is 0 Å². The van der Waals surface area contributed by atoms with Crippen LogP contribution in [0.4, 0.5) is 0 Å². The van der Waals surface area contributed by atoms with Crippen molar-refractivity contribution >= 4 is 5.91 Å². The van der Waals surface area contributed by atoms with Gasteiger partial charge in [-0.05, 0) is 33.9 Å². The summed E-state index contributed by atoms with van der Waals surface area (Å²) in [6, 6.07) is 0.176. The molecule has 4 nitrogen and oxygen atoms in total. The van der Waals surface area contributed by atoms with E-state index in [4.69, 9.17) is 5.73 Å². The molecule has 0 aliphatic heterocycles. The van der Waals surface area contributed by atoms with E-state index in [-0.39, 0.29) is 11.9 Å². The first kappa shape index (κ1) is 15.4. The molecule has 0 saturated heterocycles. The molecule has 3 N–H and O–H groups in total. The van der Waals surface area contributed by atoms with Gasteiger partial charge in [0.2, 0.25) is 5.91 Å². The molecule has 0 radical (unpaired) electrons. The second-order valence-corrected chi connectivity index (χ2v) is 5.12. The van der Waals surface area contributed by atoms with Crippen LogP contribution in [0, 0.1) is 0 Å². The Labute approximate surface area is 99.6 Å². The van der Waals surface area contributed by atoms with E-state index >= 15 is 0 Å². The molecule has 0 aromatic rings. The number of amides is 1. The highest BCUT2D eigenvalue weighted by molar-refractivity contribution is 5.77. The third kappa shape index (κ3) is 7.65. The zero-order chi connectivity index (χ0) is 12.8. The maximum absolute atomic E-state index is 11.6. The second kappa shape index (κ2) is 6.86. The summed E-state index contributed by atoms with van der Waals surface area (Å²) < 4.78 is 0. The zero-order valence-corrected chi connectivity index (χ0v) is 11.3. The molecule has 0 heterocycles. The number of carbonyl (C=O) groups excluding carboxylic acids is 1. The van der Waals surface area contributed by atoms with E-state index < -0.39 is 5.54 Å². The minimum Gasteiger partial charge on any atom is -0.352 e. The van der Waals surface area contributed by atoms with Crippen molar-refractivity contribution in [3.05, 3.63) is 0 Å². The Hall–Kier alpha value is -0.610. The van der Waals surface area contributed by atoms with E-state index in [1.807, 2.05) is 20.8 Å². The lowest BCUT2D eigenvalue weighted by molar-refractivity contribution is -0.122. The van der Waals surface area contributed by atoms with Crippen molar-refractivity contribution in [1.29, 1.82) is 0 Å². The summed E-state index contributed by atoms with van der Waals surface area (Å²) in [4.78, 5) is 13.9. The smallest absolute Gasteiger partial charge is 0.222 e. The lowest BCUT2D eigenvalue weighted by atomic mass is 10.0. The summed E-state index contributed by atoms with van der Waals surface area (Å²) in [5, 5.41) is 2.97. The maximum Gasteiger partial charge on any atom is 0.222 e. The molecule has 0 aromatic carbocycles. The van der Waals surface area contributed by atoms with Gasteiger partial charge >= 0.3 is 0 Å². The average molecular weight is 229 g/mol. The fourth-order valence-electron chi connectivity index (χ4n) is 1.65. The van der Waals surface area contributed by atoms with Gasteiger partial charge in [-0.3, -0.25) is 4.79 Å². The SMILES string of the molecule is CCN(CC)CC(C)NC(=O)CC(C)(C)N. The van der Waals surface area contributed by atoms with Crippen molar-refractivity contribution in [2.24, 2.45) is 5.73 Å². The van der Waals surface area contributed by atoms with E-state index in [0.717, 1.165) is 19.6 Å². The van der Waals surface area contributed by atoms with E-state index in [1.54, 1.807) is 0 Å². The van der Waals surface area contributed by atoms with E-state index in [1.165, 1.54) is 0 Å². The third-order valence-electron chi connectivity index (χ3n) is 2.45. The average Bonchev–Trinajstić information content (AvgIpc) is 2.10. The topological polar surface area (TPSA) is 58.4 Å². The Morgan fingerprint density at radius 2 is 1.88 bits per heavy atom. The van der Waals surface area contributed by atoms with Crippen molar-refractivity contribution in [3.8, 4) is 0 Å². The van der Waals surface area contributed by atoms with Gasteiger partial charge in [0.15, 0.2) is 0 Å². The van der Waals surface area contributed by atoms with Gasteiger partial charge in [0.1, 0.15) is 0 Å². The molecule has 0 rings (SSSR count). The minimum atomic E-state index is -0.432. The molecular weight excluding hydrogens is 202 g/mol. The predicted octanol–water partition coefficient (Wildman–Crippen LogP) is 0.960. The van der Waals surface area contributed by atoms with Crippen LogP contribution < -0.4 is 11.1 Å². The van der Waals surface area contributed by atoms with Crippen LogP contribution in [-0.2, 0) is 4.79 Å². The number of carbonyl (C=O) groups is 1. The molecule has 0 fully saturated rings. The van der Waals surface area contributed by atoms with Crippen LogP contribution in [0.3, 0.4) is 0 Å². The molecule has 0 aliphatic carbocycles. The van der Waals surface area contributed by atoms with Crippen molar-refractivity contribution in [3.63, 3.8) is 0 Å². The molecule has 0 saturated carbocycles. The molecule has 1 unspecified atom stereocenters.